The number of hydrogen-bond acceptors (Lipinski definition) is 5. The summed E-state index contributed by atoms with van der Waals surface area (Å²) in [6, 6.07) is 1.92. The van der Waals surface area contributed by atoms with Gasteiger partial charge in [-0.2, -0.15) is 0 Å². The summed E-state index contributed by atoms with van der Waals surface area (Å²) in [6.45, 7) is 5.49. The van der Waals surface area contributed by atoms with Gasteiger partial charge in [-0.3, -0.25) is 4.79 Å². The van der Waals surface area contributed by atoms with E-state index in [1.807, 2.05) is 13.0 Å². The van der Waals surface area contributed by atoms with E-state index in [0.29, 0.717) is 23.0 Å². The average Bonchev–Trinajstić information content (AvgIpc) is 3.03. The second-order valence-electron chi connectivity index (χ2n) is 5.18. The van der Waals surface area contributed by atoms with E-state index in [4.69, 9.17) is 10.5 Å². The van der Waals surface area contributed by atoms with Crippen LogP contribution < -0.4 is 16.0 Å². The summed E-state index contributed by atoms with van der Waals surface area (Å²) in [5.74, 6) is 0.508. The molecule has 1 aliphatic rings. The molecule has 112 valence electrons. The number of nitrogens with one attached hydrogen (secondary N) is 1. The van der Waals surface area contributed by atoms with Gasteiger partial charge in [-0.25, -0.2) is 0 Å². The van der Waals surface area contributed by atoms with E-state index in [0.717, 1.165) is 37.5 Å². The van der Waals surface area contributed by atoms with Crippen LogP contribution in [-0.4, -0.2) is 39.3 Å². The van der Waals surface area contributed by atoms with E-state index < -0.39 is 0 Å². The van der Waals surface area contributed by atoms with Crippen LogP contribution >= 0.6 is 11.3 Å². The molecule has 0 bridgehead atoms. The molecule has 1 fully saturated rings. The molecule has 6 heteroatoms. The Morgan fingerprint density at radius 1 is 1.65 bits per heavy atom. The number of thiophene rings is 1. The van der Waals surface area contributed by atoms with Crippen LogP contribution in [0.15, 0.2) is 6.07 Å². The quantitative estimate of drug-likeness (QED) is 0.842. The van der Waals surface area contributed by atoms with Crippen molar-refractivity contribution in [3.63, 3.8) is 0 Å². The summed E-state index contributed by atoms with van der Waals surface area (Å²) < 4.78 is 5.21. The fourth-order valence-corrected chi connectivity index (χ4v) is 3.48. The van der Waals surface area contributed by atoms with Crippen molar-refractivity contribution < 1.29 is 9.53 Å². The predicted molar refractivity (Wildman–Crippen MR) is 83.6 cm³/mol. The number of ether oxygens (including phenoxy) is 1. The van der Waals surface area contributed by atoms with Gasteiger partial charge in [-0.1, -0.05) is 6.92 Å². The number of hydrogen-bond donors (Lipinski definition) is 2. The predicted octanol–water partition coefficient (Wildman–Crippen LogP) is 1.94. The fraction of sp³-hybridized carbons (Fsp3) is 0.643. The van der Waals surface area contributed by atoms with Gasteiger partial charge in [-0.15, -0.1) is 11.3 Å². The van der Waals surface area contributed by atoms with Gasteiger partial charge in [0.15, 0.2) is 0 Å². The normalized spacial score (nSPS) is 18.5. The van der Waals surface area contributed by atoms with Crippen LogP contribution in [0.2, 0.25) is 0 Å². The second-order valence-corrected chi connectivity index (χ2v) is 6.21. The highest BCUT2D eigenvalue weighted by molar-refractivity contribution is 7.18. The molecule has 20 heavy (non-hydrogen) atoms. The largest absolute Gasteiger partial charge is 0.397 e. The fourth-order valence-electron chi connectivity index (χ4n) is 2.45. The third-order valence-corrected chi connectivity index (χ3v) is 4.70. The van der Waals surface area contributed by atoms with E-state index >= 15 is 0 Å². The molecule has 3 N–H and O–H groups in total. The number of anilines is 2. The van der Waals surface area contributed by atoms with E-state index in [2.05, 4.69) is 10.2 Å². The van der Waals surface area contributed by atoms with Crippen LogP contribution in [0.3, 0.4) is 0 Å². The first-order valence-corrected chi connectivity index (χ1v) is 7.88. The molecule has 1 unspecified atom stereocenters. The van der Waals surface area contributed by atoms with Crippen molar-refractivity contribution in [1.29, 1.82) is 0 Å². The van der Waals surface area contributed by atoms with Gasteiger partial charge in [0.25, 0.3) is 5.91 Å². The summed E-state index contributed by atoms with van der Waals surface area (Å²) in [4.78, 5) is 14.9. The van der Waals surface area contributed by atoms with Gasteiger partial charge >= 0.3 is 0 Å². The van der Waals surface area contributed by atoms with Crippen LogP contribution in [0.5, 0.6) is 0 Å². The van der Waals surface area contributed by atoms with E-state index in [9.17, 15) is 4.79 Å². The van der Waals surface area contributed by atoms with Crippen LogP contribution in [0.1, 0.15) is 29.4 Å². The molecular weight excluding hydrogens is 274 g/mol. The Morgan fingerprint density at radius 2 is 2.45 bits per heavy atom. The molecule has 1 aromatic rings. The van der Waals surface area contributed by atoms with Gasteiger partial charge in [0.05, 0.1) is 17.3 Å². The Balaban J connectivity index is 2.02. The number of rotatable bonds is 6. The Hall–Kier alpha value is -1.27. The minimum atomic E-state index is -0.0618. The molecule has 1 aromatic heterocycles. The van der Waals surface area contributed by atoms with Crippen LogP contribution in [0, 0.1) is 5.92 Å². The number of nitrogen functional groups attached to an aromatic ring is 1. The minimum Gasteiger partial charge on any atom is -0.397 e. The number of amides is 1. The van der Waals surface area contributed by atoms with Crippen molar-refractivity contribution in [2.45, 2.75) is 19.8 Å². The summed E-state index contributed by atoms with van der Waals surface area (Å²) >= 11 is 1.48. The Labute approximate surface area is 124 Å². The highest BCUT2D eigenvalue weighted by atomic mass is 32.1. The monoisotopic (exact) mass is 297 g/mol. The topological polar surface area (TPSA) is 67.6 Å². The van der Waals surface area contributed by atoms with Crippen LogP contribution in [0.25, 0.3) is 0 Å². The Kier molecular flexibility index (Phi) is 5.25. The third-order valence-electron chi connectivity index (χ3n) is 3.49. The maximum absolute atomic E-state index is 12.0. The molecular formula is C14H23N3O2S. The molecule has 1 amide bonds. The molecule has 2 heterocycles. The van der Waals surface area contributed by atoms with E-state index in [1.165, 1.54) is 11.3 Å². The van der Waals surface area contributed by atoms with Crippen molar-refractivity contribution in [2.24, 2.45) is 5.92 Å². The van der Waals surface area contributed by atoms with Crippen molar-refractivity contribution in [2.75, 3.05) is 44.0 Å². The molecule has 0 aliphatic carbocycles. The molecule has 1 aliphatic heterocycles. The minimum absolute atomic E-state index is 0.0618. The SMILES string of the molecule is CCCNC(=O)c1sc(N2CCC(COC)C2)cc1N. The molecule has 1 atom stereocenters. The zero-order valence-corrected chi connectivity index (χ0v) is 13.0. The number of nitrogens with zero attached hydrogens (tertiary/aromatic N) is 1. The van der Waals surface area contributed by atoms with Crippen molar-refractivity contribution in [3.8, 4) is 0 Å². The molecule has 2 rings (SSSR count). The highest BCUT2D eigenvalue weighted by Crippen LogP contribution is 2.35. The summed E-state index contributed by atoms with van der Waals surface area (Å²) in [6.07, 6.45) is 2.05. The van der Waals surface area contributed by atoms with Crippen LogP contribution in [0.4, 0.5) is 10.7 Å². The third kappa shape index (κ3) is 3.43. The van der Waals surface area contributed by atoms with Gasteiger partial charge in [0.1, 0.15) is 4.88 Å². The molecule has 0 aromatic carbocycles. The summed E-state index contributed by atoms with van der Waals surface area (Å²) in [7, 11) is 1.74. The number of carbonyl (C=O) groups is 1. The zero-order chi connectivity index (χ0) is 14.5. The van der Waals surface area contributed by atoms with Crippen LogP contribution in [-0.2, 0) is 4.74 Å². The second kappa shape index (κ2) is 6.95. The maximum Gasteiger partial charge on any atom is 0.263 e. The average molecular weight is 297 g/mol. The Morgan fingerprint density at radius 3 is 3.15 bits per heavy atom. The van der Waals surface area contributed by atoms with Crippen molar-refractivity contribution >= 4 is 27.9 Å². The highest BCUT2D eigenvalue weighted by Gasteiger charge is 2.25. The molecule has 0 spiro atoms. The first-order valence-electron chi connectivity index (χ1n) is 7.07. The Bertz CT molecular complexity index is 461. The number of nitrogens with two attached hydrogens (primary N) is 1. The smallest absolute Gasteiger partial charge is 0.263 e. The standard InChI is InChI=1S/C14H23N3O2S/c1-3-5-16-14(18)13-11(15)7-12(20-13)17-6-4-10(8-17)9-19-2/h7,10H,3-6,8-9,15H2,1-2H3,(H,16,18). The lowest BCUT2D eigenvalue weighted by Crippen LogP contribution is -2.23. The molecule has 0 radical (unpaired) electrons. The molecule has 5 nitrogen and oxygen atoms in total. The van der Waals surface area contributed by atoms with Crippen molar-refractivity contribution in [1.82, 2.24) is 5.32 Å². The number of methoxy groups -OCH3 is 1. The van der Waals surface area contributed by atoms with Crippen molar-refractivity contribution in [3.05, 3.63) is 10.9 Å². The lowest BCUT2D eigenvalue weighted by atomic mass is 10.1. The molecule has 0 saturated carbocycles. The van der Waals surface area contributed by atoms with Gasteiger partial charge < -0.3 is 20.7 Å². The zero-order valence-electron chi connectivity index (χ0n) is 12.1. The van der Waals surface area contributed by atoms with E-state index in [-0.39, 0.29) is 5.91 Å². The van der Waals surface area contributed by atoms with E-state index in [1.54, 1.807) is 7.11 Å². The van der Waals surface area contributed by atoms with Gasteiger partial charge in [0, 0.05) is 32.7 Å². The molecule has 1 saturated heterocycles. The van der Waals surface area contributed by atoms with Gasteiger partial charge in [-0.05, 0) is 18.9 Å². The lowest BCUT2D eigenvalue weighted by Gasteiger charge is -2.15. The van der Waals surface area contributed by atoms with Gasteiger partial charge in [0.2, 0.25) is 0 Å². The maximum atomic E-state index is 12.0. The summed E-state index contributed by atoms with van der Waals surface area (Å²) in [5.41, 5.74) is 6.55. The first-order chi connectivity index (χ1) is 9.65. The number of carbonyl (C=O) groups excluding carboxylic acids is 1. The first kappa shape index (κ1) is 15.1. The summed E-state index contributed by atoms with van der Waals surface area (Å²) in [5, 5.41) is 3.96. The lowest BCUT2D eigenvalue weighted by molar-refractivity contribution is 0.0958.